The van der Waals surface area contributed by atoms with Crippen molar-refractivity contribution in [2.24, 2.45) is 0 Å². The molecule has 0 aliphatic heterocycles. The minimum atomic E-state index is -0.0985. The Kier molecular flexibility index (Phi) is 7.76. The van der Waals surface area contributed by atoms with Gasteiger partial charge in [0, 0.05) is 6.42 Å². The molecule has 0 fully saturated rings. The largest absolute Gasteiger partial charge is 0.461 e. The molecule has 12 heavy (non-hydrogen) atoms. The van der Waals surface area contributed by atoms with E-state index in [-0.39, 0.29) is 5.97 Å². The number of carbonyl (C=O) groups excluding carboxylic acids is 1. The Hall–Kier alpha value is -0.790. The zero-order valence-corrected chi connectivity index (χ0v) is 8.01. The summed E-state index contributed by atoms with van der Waals surface area (Å²) in [5, 5.41) is 0. The van der Waals surface area contributed by atoms with E-state index in [1.54, 1.807) is 0 Å². The lowest BCUT2D eigenvalue weighted by molar-refractivity contribution is -0.142. The average molecular weight is 170 g/mol. The lowest BCUT2D eigenvalue weighted by Crippen LogP contribution is -2.02. The molecule has 0 atom stereocenters. The first-order valence-corrected chi connectivity index (χ1v) is 4.61. The molecule has 0 aliphatic rings. The van der Waals surface area contributed by atoms with Gasteiger partial charge < -0.3 is 4.74 Å². The molecule has 70 valence electrons. The maximum Gasteiger partial charge on any atom is 0.306 e. The van der Waals surface area contributed by atoms with Crippen LogP contribution in [0, 0.1) is 0 Å². The van der Waals surface area contributed by atoms with E-state index >= 15 is 0 Å². The highest BCUT2D eigenvalue weighted by Crippen LogP contribution is 1.92. The van der Waals surface area contributed by atoms with Crippen LogP contribution in [0.25, 0.3) is 0 Å². The third kappa shape index (κ3) is 7.32. The van der Waals surface area contributed by atoms with Gasteiger partial charge in [-0.15, -0.1) is 0 Å². The highest BCUT2D eigenvalue weighted by molar-refractivity contribution is 5.69. The van der Waals surface area contributed by atoms with Crippen molar-refractivity contribution in [2.75, 3.05) is 6.61 Å². The predicted octanol–water partition coefficient (Wildman–Crippen LogP) is 2.69. The molecular weight excluding hydrogens is 152 g/mol. The SMILES string of the molecule is CCC/C=C\COC(=O)CCC. The third-order valence-electron chi connectivity index (χ3n) is 1.42. The van der Waals surface area contributed by atoms with Gasteiger partial charge in [-0.25, -0.2) is 0 Å². The lowest BCUT2D eigenvalue weighted by atomic mass is 10.3. The van der Waals surface area contributed by atoms with Crippen LogP contribution in [0.15, 0.2) is 12.2 Å². The molecule has 0 N–H and O–H groups in total. The van der Waals surface area contributed by atoms with Crippen molar-refractivity contribution in [3.63, 3.8) is 0 Å². The van der Waals surface area contributed by atoms with Gasteiger partial charge in [0.15, 0.2) is 0 Å². The van der Waals surface area contributed by atoms with Gasteiger partial charge in [-0.1, -0.05) is 32.4 Å². The number of hydrogen-bond donors (Lipinski definition) is 0. The summed E-state index contributed by atoms with van der Waals surface area (Å²) in [6.45, 7) is 4.51. The monoisotopic (exact) mass is 170 g/mol. The third-order valence-corrected chi connectivity index (χ3v) is 1.42. The lowest BCUT2D eigenvalue weighted by Gasteiger charge is -1.98. The molecule has 0 rings (SSSR count). The molecule has 0 saturated carbocycles. The number of esters is 1. The number of rotatable bonds is 6. The highest BCUT2D eigenvalue weighted by Gasteiger charge is 1.96. The summed E-state index contributed by atoms with van der Waals surface area (Å²) in [5.41, 5.74) is 0. The first-order chi connectivity index (χ1) is 5.81. The minimum absolute atomic E-state index is 0.0985. The number of unbranched alkanes of at least 4 members (excludes halogenated alkanes) is 1. The Balaban J connectivity index is 3.24. The molecule has 2 nitrogen and oxygen atoms in total. The topological polar surface area (TPSA) is 26.3 Å². The van der Waals surface area contributed by atoms with Crippen LogP contribution < -0.4 is 0 Å². The molecule has 0 heterocycles. The molecule has 0 amide bonds. The van der Waals surface area contributed by atoms with Crippen molar-refractivity contribution >= 4 is 5.97 Å². The number of ether oxygens (including phenoxy) is 1. The van der Waals surface area contributed by atoms with Crippen LogP contribution in [0.5, 0.6) is 0 Å². The molecule has 0 radical (unpaired) electrons. The van der Waals surface area contributed by atoms with E-state index in [9.17, 15) is 4.79 Å². The summed E-state index contributed by atoms with van der Waals surface area (Å²) in [6.07, 6.45) is 7.53. The Labute approximate surface area is 74.6 Å². The zero-order valence-electron chi connectivity index (χ0n) is 8.01. The van der Waals surface area contributed by atoms with Crippen molar-refractivity contribution < 1.29 is 9.53 Å². The summed E-state index contributed by atoms with van der Waals surface area (Å²) in [7, 11) is 0. The van der Waals surface area contributed by atoms with E-state index in [1.165, 1.54) is 0 Å². The van der Waals surface area contributed by atoms with Crippen LogP contribution in [-0.2, 0) is 9.53 Å². The molecular formula is C10H18O2. The number of carbonyl (C=O) groups is 1. The fraction of sp³-hybridized carbons (Fsp3) is 0.700. The van der Waals surface area contributed by atoms with E-state index < -0.39 is 0 Å². The van der Waals surface area contributed by atoms with Crippen LogP contribution in [-0.4, -0.2) is 12.6 Å². The number of allylic oxidation sites excluding steroid dienone is 1. The molecule has 0 aliphatic carbocycles. The average Bonchev–Trinajstić information content (AvgIpc) is 2.05. The van der Waals surface area contributed by atoms with Gasteiger partial charge in [-0.2, -0.15) is 0 Å². The summed E-state index contributed by atoms with van der Waals surface area (Å²) in [6, 6.07) is 0. The molecule has 0 bridgehead atoms. The first kappa shape index (κ1) is 11.2. The normalized spacial score (nSPS) is 10.5. The maximum absolute atomic E-state index is 10.8. The van der Waals surface area contributed by atoms with E-state index in [0.29, 0.717) is 13.0 Å². The Morgan fingerprint density at radius 1 is 1.25 bits per heavy atom. The van der Waals surface area contributed by atoms with Crippen molar-refractivity contribution in [1.82, 2.24) is 0 Å². The van der Waals surface area contributed by atoms with Gasteiger partial charge in [0.2, 0.25) is 0 Å². The molecule has 0 saturated heterocycles. The molecule has 0 aromatic heterocycles. The van der Waals surface area contributed by atoms with Crippen LogP contribution in [0.1, 0.15) is 39.5 Å². The van der Waals surface area contributed by atoms with Crippen molar-refractivity contribution in [3.8, 4) is 0 Å². The summed E-state index contributed by atoms with van der Waals surface area (Å²) in [4.78, 5) is 10.8. The fourth-order valence-electron chi connectivity index (χ4n) is 0.770. The van der Waals surface area contributed by atoms with Crippen LogP contribution >= 0.6 is 0 Å². The predicted molar refractivity (Wildman–Crippen MR) is 49.9 cm³/mol. The van der Waals surface area contributed by atoms with Crippen molar-refractivity contribution in [3.05, 3.63) is 12.2 Å². The number of hydrogen-bond acceptors (Lipinski definition) is 2. The fourth-order valence-corrected chi connectivity index (χ4v) is 0.770. The van der Waals surface area contributed by atoms with Crippen LogP contribution in [0.4, 0.5) is 0 Å². The van der Waals surface area contributed by atoms with Gasteiger partial charge in [0.25, 0.3) is 0 Å². The molecule has 0 unspecified atom stereocenters. The van der Waals surface area contributed by atoms with Gasteiger partial charge in [0.1, 0.15) is 6.61 Å². The van der Waals surface area contributed by atoms with Gasteiger partial charge >= 0.3 is 5.97 Å². The second-order valence-electron chi connectivity index (χ2n) is 2.69. The first-order valence-electron chi connectivity index (χ1n) is 4.61. The molecule has 2 heteroatoms. The standard InChI is InChI=1S/C10H18O2/c1-3-5-6-7-9-12-10(11)8-4-2/h6-7H,3-5,8-9H2,1-2H3/b7-6-. The second-order valence-corrected chi connectivity index (χ2v) is 2.69. The van der Waals surface area contributed by atoms with E-state index in [0.717, 1.165) is 19.3 Å². The van der Waals surface area contributed by atoms with Crippen molar-refractivity contribution in [2.45, 2.75) is 39.5 Å². The Morgan fingerprint density at radius 2 is 2.00 bits per heavy atom. The van der Waals surface area contributed by atoms with Gasteiger partial charge in [-0.3, -0.25) is 4.79 Å². The molecule has 0 aromatic carbocycles. The Morgan fingerprint density at radius 3 is 2.58 bits per heavy atom. The Bertz CT molecular complexity index is 139. The van der Waals surface area contributed by atoms with E-state index in [1.807, 2.05) is 19.1 Å². The van der Waals surface area contributed by atoms with Crippen molar-refractivity contribution in [1.29, 1.82) is 0 Å². The van der Waals surface area contributed by atoms with Crippen LogP contribution in [0.3, 0.4) is 0 Å². The minimum Gasteiger partial charge on any atom is -0.461 e. The van der Waals surface area contributed by atoms with E-state index in [4.69, 9.17) is 4.74 Å². The van der Waals surface area contributed by atoms with Gasteiger partial charge in [-0.05, 0) is 12.8 Å². The van der Waals surface area contributed by atoms with E-state index in [2.05, 4.69) is 6.92 Å². The molecule has 0 aromatic rings. The highest BCUT2D eigenvalue weighted by atomic mass is 16.5. The smallest absolute Gasteiger partial charge is 0.306 e. The zero-order chi connectivity index (χ0) is 9.23. The van der Waals surface area contributed by atoms with Gasteiger partial charge in [0.05, 0.1) is 0 Å². The summed E-state index contributed by atoms with van der Waals surface area (Å²) < 4.78 is 4.90. The maximum atomic E-state index is 10.8. The quantitative estimate of drug-likeness (QED) is 0.452. The molecule has 0 spiro atoms. The second kappa shape index (κ2) is 8.31. The summed E-state index contributed by atoms with van der Waals surface area (Å²) in [5.74, 6) is -0.0985. The summed E-state index contributed by atoms with van der Waals surface area (Å²) >= 11 is 0. The van der Waals surface area contributed by atoms with Crippen LogP contribution in [0.2, 0.25) is 0 Å².